The highest BCUT2D eigenvalue weighted by Gasteiger charge is 2.40. The number of aromatic nitrogens is 2. The molecule has 0 unspecified atom stereocenters. The molecule has 2 aromatic rings. The first-order valence-electron chi connectivity index (χ1n) is 10.2. The van der Waals surface area contributed by atoms with E-state index in [4.69, 9.17) is 20.2 Å². The van der Waals surface area contributed by atoms with Crippen molar-refractivity contribution in [2.45, 2.75) is 25.6 Å². The molecule has 0 aliphatic carbocycles. The molecular weight excluding hydrogens is 398 g/mol. The Balaban J connectivity index is 1.34. The van der Waals surface area contributed by atoms with Crippen molar-refractivity contribution in [3.8, 4) is 0 Å². The van der Waals surface area contributed by atoms with E-state index < -0.39 is 5.79 Å². The molecule has 3 aliphatic heterocycles. The molecule has 0 amide bonds. The SMILES string of the molecule is Cc1cnc(N2CCC3(CC2)OCCO3)nc1/C(N)=C1/NC(c2ccccc2)=CS1. The Kier molecular flexibility index (Phi) is 5.14. The van der Waals surface area contributed by atoms with Crippen molar-refractivity contribution in [2.75, 3.05) is 31.2 Å². The van der Waals surface area contributed by atoms with Crippen molar-refractivity contribution in [2.24, 2.45) is 5.73 Å². The van der Waals surface area contributed by atoms with Gasteiger partial charge in [0, 0.05) is 37.5 Å². The minimum atomic E-state index is -0.408. The van der Waals surface area contributed by atoms with E-state index in [1.54, 1.807) is 11.8 Å². The van der Waals surface area contributed by atoms with Crippen LogP contribution in [0, 0.1) is 6.92 Å². The van der Waals surface area contributed by atoms with Crippen LogP contribution in [-0.2, 0) is 9.47 Å². The van der Waals surface area contributed by atoms with Gasteiger partial charge in [0.15, 0.2) is 5.79 Å². The lowest BCUT2D eigenvalue weighted by molar-refractivity contribution is -0.169. The molecule has 1 aromatic carbocycles. The van der Waals surface area contributed by atoms with E-state index in [0.29, 0.717) is 24.9 Å². The lowest BCUT2D eigenvalue weighted by Gasteiger charge is -2.37. The van der Waals surface area contributed by atoms with Crippen LogP contribution in [0.25, 0.3) is 11.4 Å². The molecular formula is C22H25N5O2S. The van der Waals surface area contributed by atoms with Crippen molar-refractivity contribution < 1.29 is 9.47 Å². The molecule has 3 N–H and O–H groups in total. The minimum absolute atomic E-state index is 0.408. The predicted molar refractivity (Wildman–Crippen MR) is 119 cm³/mol. The number of rotatable bonds is 3. The third-order valence-corrected chi connectivity index (χ3v) is 6.62. The number of piperidine rings is 1. The Morgan fingerprint density at radius 3 is 2.63 bits per heavy atom. The van der Waals surface area contributed by atoms with Crippen LogP contribution >= 0.6 is 11.8 Å². The summed E-state index contributed by atoms with van der Waals surface area (Å²) in [7, 11) is 0. The molecule has 2 fully saturated rings. The molecule has 156 valence electrons. The first kappa shape index (κ1) is 19.4. The zero-order chi connectivity index (χ0) is 20.6. The third kappa shape index (κ3) is 3.66. The molecule has 30 heavy (non-hydrogen) atoms. The Hall–Kier alpha value is -2.55. The van der Waals surface area contributed by atoms with Gasteiger partial charge in [0.25, 0.3) is 0 Å². The summed E-state index contributed by atoms with van der Waals surface area (Å²) < 4.78 is 11.7. The summed E-state index contributed by atoms with van der Waals surface area (Å²) >= 11 is 1.59. The van der Waals surface area contributed by atoms with E-state index in [2.05, 4.69) is 32.7 Å². The van der Waals surface area contributed by atoms with Crippen LogP contribution in [0.2, 0.25) is 0 Å². The van der Waals surface area contributed by atoms with Crippen molar-refractivity contribution in [1.29, 1.82) is 0 Å². The van der Waals surface area contributed by atoms with E-state index >= 15 is 0 Å². The van der Waals surface area contributed by atoms with Crippen LogP contribution in [0.4, 0.5) is 5.95 Å². The van der Waals surface area contributed by atoms with Crippen molar-refractivity contribution in [3.05, 3.63) is 63.8 Å². The van der Waals surface area contributed by atoms with Crippen LogP contribution in [0.3, 0.4) is 0 Å². The lowest BCUT2D eigenvalue weighted by Crippen LogP contribution is -2.45. The van der Waals surface area contributed by atoms with Crippen molar-refractivity contribution >= 4 is 29.1 Å². The number of hydrogen-bond acceptors (Lipinski definition) is 8. The Morgan fingerprint density at radius 2 is 1.90 bits per heavy atom. The number of aryl methyl sites for hydroxylation is 1. The largest absolute Gasteiger partial charge is 0.395 e. The quantitative estimate of drug-likeness (QED) is 0.779. The highest BCUT2D eigenvalue weighted by atomic mass is 32.2. The number of ether oxygens (including phenoxy) is 2. The van der Waals surface area contributed by atoms with Gasteiger partial charge in [-0.25, -0.2) is 9.97 Å². The molecule has 0 saturated carbocycles. The average Bonchev–Trinajstić information content (AvgIpc) is 3.45. The predicted octanol–water partition coefficient (Wildman–Crippen LogP) is 3.05. The molecule has 4 heterocycles. The second-order valence-corrected chi connectivity index (χ2v) is 8.56. The molecule has 7 nitrogen and oxygen atoms in total. The second kappa shape index (κ2) is 7.94. The van der Waals surface area contributed by atoms with E-state index in [9.17, 15) is 0 Å². The molecule has 8 heteroatoms. The maximum absolute atomic E-state index is 6.55. The first-order valence-corrected chi connectivity index (χ1v) is 11.1. The molecule has 1 aromatic heterocycles. The molecule has 3 aliphatic rings. The molecule has 0 radical (unpaired) electrons. The number of hydrogen-bond donors (Lipinski definition) is 2. The van der Waals surface area contributed by atoms with Crippen molar-refractivity contribution in [3.63, 3.8) is 0 Å². The molecule has 5 rings (SSSR count). The zero-order valence-electron chi connectivity index (χ0n) is 16.9. The maximum atomic E-state index is 6.55. The number of nitrogens with two attached hydrogens (primary N) is 1. The van der Waals surface area contributed by atoms with Gasteiger partial charge in [-0.05, 0) is 18.1 Å². The maximum Gasteiger partial charge on any atom is 0.225 e. The topological polar surface area (TPSA) is 85.5 Å². The van der Waals surface area contributed by atoms with Crippen molar-refractivity contribution in [1.82, 2.24) is 15.3 Å². The molecule has 1 spiro atoms. The standard InChI is InChI=1S/C22H25N5O2S/c1-15-13-24-21(27-9-7-22(8-10-27)28-11-12-29-22)26-19(15)18(23)20-25-17(14-30-20)16-5-3-2-4-6-16/h2-6,13-14,25H,7-12,23H2,1H3/b20-18+. The van der Waals surface area contributed by atoms with E-state index in [1.807, 2.05) is 31.3 Å². The van der Waals surface area contributed by atoms with Crippen LogP contribution in [0.5, 0.6) is 0 Å². The molecule has 0 bridgehead atoms. The fourth-order valence-electron chi connectivity index (χ4n) is 3.99. The number of anilines is 1. The van der Waals surface area contributed by atoms with Gasteiger partial charge in [-0.3, -0.25) is 0 Å². The average molecular weight is 424 g/mol. The van der Waals surface area contributed by atoms with Gasteiger partial charge in [-0.15, -0.1) is 0 Å². The van der Waals surface area contributed by atoms with Crippen LogP contribution in [0.15, 0.2) is 47.0 Å². The fraction of sp³-hybridized carbons (Fsp3) is 0.364. The van der Waals surface area contributed by atoms with Crippen LogP contribution < -0.4 is 16.0 Å². The molecule has 2 saturated heterocycles. The summed E-state index contributed by atoms with van der Waals surface area (Å²) in [6, 6.07) is 10.2. The zero-order valence-corrected chi connectivity index (χ0v) is 17.7. The van der Waals surface area contributed by atoms with Gasteiger partial charge < -0.3 is 25.4 Å². The summed E-state index contributed by atoms with van der Waals surface area (Å²) in [4.78, 5) is 11.6. The normalized spacial score (nSPS) is 22.2. The summed E-state index contributed by atoms with van der Waals surface area (Å²) in [5.41, 5.74) is 11.1. The third-order valence-electron chi connectivity index (χ3n) is 5.71. The Labute approximate surface area is 180 Å². The van der Waals surface area contributed by atoms with Gasteiger partial charge >= 0.3 is 0 Å². The minimum Gasteiger partial charge on any atom is -0.395 e. The summed E-state index contributed by atoms with van der Waals surface area (Å²) in [5.74, 6) is 0.292. The van der Waals surface area contributed by atoms with Gasteiger partial charge in [0.2, 0.25) is 5.95 Å². The number of nitrogens with zero attached hydrogens (tertiary/aromatic N) is 3. The highest BCUT2D eigenvalue weighted by Crippen LogP contribution is 2.35. The second-order valence-electron chi connectivity index (χ2n) is 7.68. The number of nitrogens with one attached hydrogen (secondary N) is 1. The highest BCUT2D eigenvalue weighted by molar-refractivity contribution is 8.06. The Bertz CT molecular complexity index is 992. The van der Waals surface area contributed by atoms with E-state index in [-0.39, 0.29) is 0 Å². The van der Waals surface area contributed by atoms with Crippen LogP contribution in [-0.4, -0.2) is 42.1 Å². The van der Waals surface area contributed by atoms with Gasteiger partial charge in [-0.1, -0.05) is 42.1 Å². The van der Waals surface area contributed by atoms with E-state index in [1.165, 1.54) is 0 Å². The molecule has 0 atom stereocenters. The van der Waals surface area contributed by atoms with Gasteiger partial charge in [0.05, 0.1) is 30.3 Å². The fourth-order valence-corrected chi connectivity index (χ4v) is 4.81. The Morgan fingerprint density at radius 1 is 1.17 bits per heavy atom. The number of thioether (sulfide) groups is 1. The summed E-state index contributed by atoms with van der Waals surface area (Å²) in [5, 5.41) is 6.42. The smallest absolute Gasteiger partial charge is 0.225 e. The van der Waals surface area contributed by atoms with Gasteiger partial charge in [0.1, 0.15) is 5.03 Å². The first-order chi connectivity index (χ1) is 14.6. The summed E-state index contributed by atoms with van der Waals surface area (Å²) in [6.07, 6.45) is 3.49. The summed E-state index contributed by atoms with van der Waals surface area (Å²) in [6.45, 7) is 4.94. The van der Waals surface area contributed by atoms with Crippen LogP contribution in [0.1, 0.15) is 29.7 Å². The van der Waals surface area contributed by atoms with Gasteiger partial charge in [-0.2, -0.15) is 0 Å². The monoisotopic (exact) mass is 423 g/mol. The van der Waals surface area contributed by atoms with E-state index in [0.717, 1.165) is 53.5 Å². The lowest BCUT2D eigenvalue weighted by atomic mass is 10.0. The number of benzene rings is 1.